The molecule has 0 radical (unpaired) electrons. The molecule has 0 aliphatic rings. The van der Waals surface area contributed by atoms with E-state index in [4.69, 9.17) is 5.73 Å². The molecule has 0 aliphatic heterocycles. The molecule has 3 nitrogen and oxygen atoms in total. The van der Waals surface area contributed by atoms with E-state index in [1.807, 2.05) is 24.3 Å². The average molecular weight is 285 g/mol. The maximum Gasteiger partial charge on any atom is 0.0927 e. The van der Waals surface area contributed by atoms with Crippen molar-refractivity contribution in [2.24, 2.45) is 0 Å². The Morgan fingerprint density at radius 1 is 0.727 bits per heavy atom. The van der Waals surface area contributed by atoms with E-state index in [0.717, 1.165) is 28.2 Å². The monoisotopic (exact) mass is 285 g/mol. The Balaban J connectivity index is 1.76. The number of nitrogens with two attached hydrogens (primary N) is 1. The molecule has 0 aliphatic carbocycles. The summed E-state index contributed by atoms with van der Waals surface area (Å²) in [4.78, 5) is 0. The highest BCUT2D eigenvalue weighted by Crippen LogP contribution is 2.27. The lowest BCUT2D eigenvalue weighted by molar-refractivity contribution is 1.10. The summed E-state index contributed by atoms with van der Waals surface area (Å²) in [6.07, 6.45) is 0. The minimum absolute atomic E-state index is 0.743. The van der Waals surface area contributed by atoms with Crippen molar-refractivity contribution in [3.8, 4) is 22.5 Å². The van der Waals surface area contributed by atoms with Gasteiger partial charge in [-0.3, -0.25) is 5.10 Å². The van der Waals surface area contributed by atoms with E-state index in [1.165, 1.54) is 10.8 Å². The van der Waals surface area contributed by atoms with Gasteiger partial charge >= 0.3 is 0 Å². The standard InChI is InChI=1S/C19H15N3/c20-17-7-3-6-15(11-17)18-12-19(22-21-18)16-9-8-13-4-1-2-5-14(13)10-16/h1-12H,20H2,(H,21,22). The Morgan fingerprint density at radius 3 is 2.45 bits per heavy atom. The quantitative estimate of drug-likeness (QED) is 0.533. The van der Waals surface area contributed by atoms with Crippen LogP contribution in [0.2, 0.25) is 0 Å². The third-order valence-corrected chi connectivity index (χ3v) is 3.82. The maximum atomic E-state index is 5.84. The molecule has 106 valence electrons. The number of H-pyrrole nitrogens is 1. The number of hydrogen-bond acceptors (Lipinski definition) is 2. The van der Waals surface area contributed by atoms with E-state index in [0.29, 0.717) is 0 Å². The van der Waals surface area contributed by atoms with Crippen LogP contribution >= 0.6 is 0 Å². The third kappa shape index (κ3) is 2.23. The smallest absolute Gasteiger partial charge is 0.0927 e. The molecule has 0 amide bonds. The molecule has 0 spiro atoms. The summed E-state index contributed by atoms with van der Waals surface area (Å²) in [5, 5.41) is 9.98. The van der Waals surface area contributed by atoms with Crippen LogP contribution in [0.4, 0.5) is 5.69 Å². The Hall–Kier alpha value is -3.07. The summed E-state index contributed by atoms with van der Waals surface area (Å²) in [6, 6.07) is 24.6. The van der Waals surface area contributed by atoms with Crippen molar-refractivity contribution in [3.05, 3.63) is 72.8 Å². The number of rotatable bonds is 2. The number of anilines is 1. The van der Waals surface area contributed by atoms with Gasteiger partial charge < -0.3 is 5.73 Å². The fourth-order valence-electron chi connectivity index (χ4n) is 2.67. The van der Waals surface area contributed by atoms with Gasteiger partial charge in [-0.25, -0.2) is 0 Å². The average Bonchev–Trinajstić information content (AvgIpc) is 3.04. The van der Waals surface area contributed by atoms with Gasteiger partial charge in [0, 0.05) is 16.8 Å². The van der Waals surface area contributed by atoms with E-state index in [9.17, 15) is 0 Å². The van der Waals surface area contributed by atoms with Gasteiger partial charge in [0.1, 0.15) is 0 Å². The van der Waals surface area contributed by atoms with E-state index in [-0.39, 0.29) is 0 Å². The zero-order chi connectivity index (χ0) is 14.9. The largest absolute Gasteiger partial charge is 0.399 e. The van der Waals surface area contributed by atoms with Gasteiger partial charge in [-0.05, 0) is 35.0 Å². The molecule has 3 N–H and O–H groups in total. The van der Waals surface area contributed by atoms with Crippen LogP contribution < -0.4 is 5.73 Å². The van der Waals surface area contributed by atoms with Crippen molar-refractivity contribution in [3.63, 3.8) is 0 Å². The molecular formula is C19H15N3. The molecule has 0 atom stereocenters. The van der Waals surface area contributed by atoms with E-state index >= 15 is 0 Å². The normalized spacial score (nSPS) is 10.9. The molecular weight excluding hydrogens is 270 g/mol. The van der Waals surface area contributed by atoms with Crippen molar-refractivity contribution in [2.45, 2.75) is 0 Å². The molecule has 0 saturated carbocycles. The number of hydrogen-bond donors (Lipinski definition) is 2. The number of nitrogens with one attached hydrogen (secondary N) is 1. The fourth-order valence-corrected chi connectivity index (χ4v) is 2.67. The predicted molar refractivity (Wildman–Crippen MR) is 91.4 cm³/mol. The Labute approximate surface area is 128 Å². The molecule has 3 aromatic carbocycles. The first-order chi connectivity index (χ1) is 10.8. The van der Waals surface area contributed by atoms with Crippen molar-refractivity contribution in [1.29, 1.82) is 0 Å². The molecule has 0 fully saturated rings. The first-order valence-electron chi connectivity index (χ1n) is 7.20. The lowest BCUT2D eigenvalue weighted by Crippen LogP contribution is -1.84. The molecule has 22 heavy (non-hydrogen) atoms. The number of aromatic amines is 1. The molecule has 0 saturated heterocycles. The molecule has 0 bridgehead atoms. The van der Waals surface area contributed by atoms with Gasteiger partial charge in [0.15, 0.2) is 0 Å². The van der Waals surface area contributed by atoms with Crippen LogP contribution in [-0.4, -0.2) is 10.2 Å². The maximum absolute atomic E-state index is 5.84. The van der Waals surface area contributed by atoms with Gasteiger partial charge in [0.2, 0.25) is 0 Å². The van der Waals surface area contributed by atoms with Crippen molar-refractivity contribution < 1.29 is 0 Å². The first-order valence-corrected chi connectivity index (χ1v) is 7.20. The van der Waals surface area contributed by atoms with Gasteiger partial charge in [0.25, 0.3) is 0 Å². The molecule has 4 aromatic rings. The van der Waals surface area contributed by atoms with Gasteiger partial charge in [0.05, 0.1) is 11.4 Å². The second kappa shape index (κ2) is 5.04. The van der Waals surface area contributed by atoms with Gasteiger partial charge in [-0.15, -0.1) is 0 Å². The number of benzene rings is 3. The SMILES string of the molecule is Nc1cccc(-c2cc(-c3ccc4ccccc4c3)[nH]n2)c1. The van der Waals surface area contributed by atoms with Crippen LogP contribution in [0.3, 0.4) is 0 Å². The van der Waals surface area contributed by atoms with E-state index < -0.39 is 0 Å². The summed E-state index contributed by atoms with van der Waals surface area (Å²) in [6.45, 7) is 0. The Kier molecular flexibility index (Phi) is 2.90. The summed E-state index contributed by atoms with van der Waals surface area (Å²) in [5.41, 5.74) is 10.6. The molecule has 1 aromatic heterocycles. The third-order valence-electron chi connectivity index (χ3n) is 3.82. The zero-order valence-corrected chi connectivity index (χ0v) is 12.0. The van der Waals surface area contributed by atoms with Crippen LogP contribution in [0.25, 0.3) is 33.3 Å². The summed E-state index contributed by atoms with van der Waals surface area (Å²) in [5.74, 6) is 0. The van der Waals surface area contributed by atoms with Crippen molar-refractivity contribution in [2.75, 3.05) is 5.73 Å². The van der Waals surface area contributed by atoms with Crippen LogP contribution in [0.1, 0.15) is 0 Å². The first kappa shape index (κ1) is 12.7. The fraction of sp³-hybridized carbons (Fsp3) is 0. The van der Waals surface area contributed by atoms with E-state index in [1.54, 1.807) is 0 Å². The highest BCUT2D eigenvalue weighted by molar-refractivity contribution is 5.87. The Bertz CT molecular complexity index is 953. The number of aromatic nitrogens is 2. The minimum atomic E-state index is 0.743. The molecule has 1 heterocycles. The van der Waals surface area contributed by atoms with E-state index in [2.05, 4.69) is 58.7 Å². The van der Waals surface area contributed by atoms with Crippen LogP contribution in [0.15, 0.2) is 72.8 Å². The topological polar surface area (TPSA) is 54.7 Å². The van der Waals surface area contributed by atoms with Crippen LogP contribution in [0.5, 0.6) is 0 Å². The van der Waals surface area contributed by atoms with Crippen molar-refractivity contribution in [1.82, 2.24) is 10.2 Å². The number of nitrogen functional groups attached to an aromatic ring is 1. The molecule has 4 rings (SSSR count). The summed E-state index contributed by atoms with van der Waals surface area (Å²) >= 11 is 0. The van der Waals surface area contributed by atoms with Crippen LogP contribution in [0, 0.1) is 0 Å². The summed E-state index contributed by atoms with van der Waals surface area (Å²) < 4.78 is 0. The second-order valence-corrected chi connectivity index (χ2v) is 5.35. The summed E-state index contributed by atoms with van der Waals surface area (Å²) in [7, 11) is 0. The Morgan fingerprint density at radius 2 is 1.59 bits per heavy atom. The molecule has 3 heteroatoms. The van der Waals surface area contributed by atoms with Crippen molar-refractivity contribution >= 4 is 16.5 Å². The van der Waals surface area contributed by atoms with Gasteiger partial charge in [-0.2, -0.15) is 5.10 Å². The van der Waals surface area contributed by atoms with Crippen LogP contribution in [-0.2, 0) is 0 Å². The lowest BCUT2D eigenvalue weighted by Gasteiger charge is -2.01. The molecule has 0 unspecified atom stereocenters. The minimum Gasteiger partial charge on any atom is -0.399 e. The highest BCUT2D eigenvalue weighted by atomic mass is 15.1. The number of nitrogens with zero attached hydrogens (tertiary/aromatic N) is 1. The number of fused-ring (bicyclic) bond motifs is 1. The predicted octanol–water partition coefficient (Wildman–Crippen LogP) is 4.48. The highest BCUT2D eigenvalue weighted by Gasteiger charge is 2.06. The van der Waals surface area contributed by atoms with Gasteiger partial charge in [-0.1, -0.05) is 48.5 Å². The second-order valence-electron chi connectivity index (χ2n) is 5.35. The lowest BCUT2D eigenvalue weighted by atomic mass is 10.0. The zero-order valence-electron chi connectivity index (χ0n) is 12.0.